The van der Waals surface area contributed by atoms with Crippen LogP contribution in [0.25, 0.3) is 0 Å². The fourth-order valence-corrected chi connectivity index (χ4v) is 3.66. The van der Waals surface area contributed by atoms with Crippen molar-refractivity contribution in [2.45, 2.75) is 38.5 Å². The molecule has 6 nitrogen and oxygen atoms in total. The number of carbonyl (C=O) groups is 1. The van der Waals surface area contributed by atoms with Gasteiger partial charge in [-0.1, -0.05) is 41.1 Å². The van der Waals surface area contributed by atoms with Crippen LogP contribution in [0.15, 0.2) is 53.9 Å². The van der Waals surface area contributed by atoms with Gasteiger partial charge in [0, 0.05) is 51.4 Å². The molecule has 1 atom stereocenters. The minimum Gasteiger partial charge on any atom is -0.387 e. The molecule has 1 unspecified atom stereocenters. The van der Waals surface area contributed by atoms with Crippen LogP contribution in [0.2, 0.25) is 0 Å². The molecule has 1 aromatic carbocycles. The number of aryl methyl sites for hydroxylation is 1. The highest BCUT2D eigenvalue weighted by Gasteiger charge is 2.46. The van der Waals surface area contributed by atoms with Crippen molar-refractivity contribution in [1.29, 1.82) is 0 Å². The lowest BCUT2D eigenvalue weighted by Crippen LogP contribution is -2.36. The Morgan fingerprint density at radius 1 is 1.26 bits per heavy atom. The Bertz CT molecular complexity index is 835. The molecule has 1 amide bonds. The van der Waals surface area contributed by atoms with Crippen molar-refractivity contribution in [1.82, 2.24) is 15.2 Å². The highest BCUT2D eigenvalue weighted by molar-refractivity contribution is 6.39. The zero-order chi connectivity index (χ0) is 18.7. The summed E-state index contributed by atoms with van der Waals surface area (Å²) in [6.07, 6.45) is 4.92. The lowest BCUT2D eigenvalue weighted by Gasteiger charge is -2.21. The second-order valence-electron chi connectivity index (χ2n) is 7.48. The van der Waals surface area contributed by atoms with E-state index in [1.54, 1.807) is 12.4 Å². The standard InChI is InChI=1S/C21H24N4O2/c1-16-4-6-17(7-5-16)14-25-10-8-21(15-25)11-19(24-27-21)20(26)23-13-18-3-2-9-22-12-18/h2-7,9,12H,8,10-11,13-15H2,1H3,(H,23,26). The zero-order valence-corrected chi connectivity index (χ0v) is 15.5. The molecule has 1 N–H and O–H groups in total. The van der Waals surface area contributed by atoms with Gasteiger partial charge in [-0.15, -0.1) is 0 Å². The van der Waals surface area contributed by atoms with Crippen LogP contribution in [0.1, 0.15) is 29.5 Å². The van der Waals surface area contributed by atoms with E-state index in [0.29, 0.717) is 18.7 Å². The van der Waals surface area contributed by atoms with Crippen molar-refractivity contribution in [2.24, 2.45) is 5.16 Å². The third-order valence-electron chi connectivity index (χ3n) is 5.20. The summed E-state index contributed by atoms with van der Waals surface area (Å²) in [4.78, 5) is 24.6. The van der Waals surface area contributed by atoms with Crippen LogP contribution in [0.3, 0.4) is 0 Å². The average molecular weight is 364 g/mol. The van der Waals surface area contributed by atoms with E-state index in [1.807, 2.05) is 12.1 Å². The predicted molar refractivity (Wildman–Crippen MR) is 103 cm³/mol. The summed E-state index contributed by atoms with van der Waals surface area (Å²) in [5.41, 5.74) is 3.66. The number of carbonyl (C=O) groups excluding carboxylic acids is 1. The Morgan fingerprint density at radius 2 is 2.11 bits per heavy atom. The molecule has 1 saturated heterocycles. The van der Waals surface area contributed by atoms with Crippen LogP contribution in [0.4, 0.5) is 0 Å². The van der Waals surface area contributed by atoms with Gasteiger partial charge in [0.2, 0.25) is 0 Å². The van der Waals surface area contributed by atoms with Gasteiger partial charge in [-0.2, -0.15) is 0 Å². The Morgan fingerprint density at radius 3 is 2.89 bits per heavy atom. The van der Waals surface area contributed by atoms with E-state index in [9.17, 15) is 4.79 Å². The van der Waals surface area contributed by atoms with Gasteiger partial charge in [-0.05, 0) is 24.1 Å². The summed E-state index contributed by atoms with van der Waals surface area (Å²) in [6.45, 7) is 5.18. The molecule has 0 aliphatic carbocycles. The highest BCUT2D eigenvalue weighted by Crippen LogP contribution is 2.34. The minimum atomic E-state index is -0.355. The normalized spacial score (nSPS) is 21.9. The maximum Gasteiger partial charge on any atom is 0.269 e. The van der Waals surface area contributed by atoms with Gasteiger partial charge in [0.15, 0.2) is 5.60 Å². The number of likely N-dealkylation sites (tertiary alicyclic amines) is 1. The molecule has 1 spiro atoms. The smallest absolute Gasteiger partial charge is 0.269 e. The third kappa shape index (κ3) is 4.17. The number of amides is 1. The van der Waals surface area contributed by atoms with Crippen LogP contribution < -0.4 is 5.32 Å². The molecule has 1 fully saturated rings. The van der Waals surface area contributed by atoms with Gasteiger partial charge >= 0.3 is 0 Å². The van der Waals surface area contributed by atoms with Gasteiger partial charge < -0.3 is 10.2 Å². The average Bonchev–Trinajstić information content (AvgIpc) is 3.29. The Kier molecular flexibility index (Phi) is 4.90. The predicted octanol–water partition coefficient (Wildman–Crippen LogP) is 2.43. The molecule has 1 aromatic heterocycles. The van der Waals surface area contributed by atoms with E-state index < -0.39 is 0 Å². The van der Waals surface area contributed by atoms with Gasteiger partial charge in [0.25, 0.3) is 5.91 Å². The molecule has 3 heterocycles. The summed E-state index contributed by atoms with van der Waals surface area (Å²) in [5.74, 6) is -0.160. The summed E-state index contributed by atoms with van der Waals surface area (Å²) >= 11 is 0. The van der Waals surface area contributed by atoms with Crippen LogP contribution in [-0.2, 0) is 22.7 Å². The lowest BCUT2D eigenvalue weighted by molar-refractivity contribution is -0.115. The van der Waals surface area contributed by atoms with E-state index in [2.05, 4.69) is 51.5 Å². The molecule has 4 rings (SSSR count). The van der Waals surface area contributed by atoms with Crippen molar-refractivity contribution < 1.29 is 9.63 Å². The van der Waals surface area contributed by atoms with Crippen molar-refractivity contribution in [3.8, 4) is 0 Å². The van der Waals surface area contributed by atoms with Crippen LogP contribution in [-0.4, -0.2) is 40.2 Å². The molecule has 0 radical (unpaired) electrons. The maximum absolute atomic E-state index is 12.4. The number of pyridine rings is 1. The molecular formula is C21H24N4O2. The van der Waals surface area contributed by atoms with E-state index in [0.717, 1.165) is 31.6 Å². The summed E-state index contributed by atoms with van der Waals surface area (Å²) < 4.78 is 0. The summed E-state index contributed by atoms with van der Waals surface area (Å²) in [6, 6.07) is 12.4. The van der Waals surface area contributed by atoms with E-state index in [4.69, 9.17) is 4.84 Å². The molecular weight excluding hydrogens is 340 g/mol. The van der Waals surface area contributed by atoms with Gasteiger partial charge in [-0.3, -0.25) is 14.7 Å². The number of benzene rings is 1. The van der Waals surface area contributed by atoms with Crippen molar-refractivity contribution in [2.75, 3.05) is 13.1 Å². The van der Waals surface area contributed by atoms with Crippen molar-refractivity contribution in [3.63, 3.8) is 0 Å². The molecule has 2 aliphatic rings. The molecule has 27 heavy (non-hydrogen) atoms. The van der Waals surface area contributed by atoms with Crippen LogP contribution >= 0.6 is 0 Å². The summed E-state index contributed by atoms with van der Waals surface area (Å²) in [5, 5.41) is 7.00. The minimum absolute atomic E-state index is 0.160. The molecule has 0 saturated carbocycles. The topological polar surface area (TPSA) is 66.8 Å². The van der Waals surface area contributed by atoms with E-state index in [-0.39, 0.29) is 11.5 Å². The SMILES string of the molecule is Cc1ccc(CN2CCC3(CC(C(=O)NCc4cccnc4)=NO3)C2)cc1. The maximum atomic E-state index is 12.4. The van der Waals surface area contributed by atoms with Gasteiger partial charge in [-0.25, -0.2) is 0 Å². The first-order valence-electron chi connectivity index (χ1n) is 9.32. The summed E-state index contributed by atoms with van der Waals surface area (Å²) in [7, 11) is 0. The van der Waals surface area contributed by atoms with Gasteiger partial charge in [0.05, 0.1) is 0 Å². The molecule has 0 bridgehead atoms. The van der Waals surface area contributed by atoms with E-state index in [1.165, 1.54) is 11.1 Å². The molecule has 6 heteroatoms. The number of hydrogen-bond acceptors (Lipinski definition) is 5. The Hall–Kier alpha value is -2.73. The fraction of sp³-hybridized carbons (Fsp3) is 0.381. The number of rotatable bonds is 5. The molecule has 140 valence electrons. The number of nitrogens with one attached hydrogen (secondary N) is 1. The largest absolute Gasteiger partial charge is 0.387 e. The van der Waals surface area contributed by atoms with Crippen molar-refractivity contribution >= 4 is 11.6 Å². The first-order valence-corrected chi connectivity index (χ1v) is 9.32. The number of oxime groups is 1. The van der Waals surface area contributed by atoms with Crippen LogP contribution in [0, 0.1) is 6.92 Å². The molecule has 2 aromatic rings. The lowest BCUT2D eigenvalue weighted by atomic mass is 9.96. The zero-order valence-electron chi connectivity index (χ0n) is 15.5. The number of nitrogens with zero attached hydrogens (tertiary/aromatic N) is 3. The van der Waals surface area contributed by atoms with Crippen LogP contribution in [0.5, 0.6) is 0 Å². The highest BCUT2D eigenvalue weighted by atomic mass is 16.7. The van der Waals surface area contributed by atoms with Gasteiger partial charge in [0.1, 0.15) is 5.71 Å². The second-order valence-corrected chi connectivity index (χ2v) is 7.48. The first kappa shape index (κ1) is 17.7. The number of hydrogen-bond donors (Lipinski definition) is 1. The monoisotopic (exact) mass is 364 g/mol. The second kappa shape index (κ2) is 7.48. The van der Waals surface area contributed by atoms with E-state index >= 15 is 0 Å². The third-order valence-corrected chi connectivity index (χ3v) is 5.20. The Labute approximate surface area is 159 Å². The Balaban J connectivity index is 1.29. The molecule has 2 aliphatic heterocycles. The number of aromatic nitrogens is 1. The first-order chi connectivity index (χ1) is 13.1. The quantitative estimate of drug-likeness (QED) is 0.885. The fourth-order valence-electron chi connectivity index (χ4n) is 3.66. The van der Waals surface area contributed by atoms with Crippen molar-refractivity contribution in [3.05, 3.63) is 65.5 Å².